The Kier molecular flexibility index (Phi) is 4.23. The molecule has 0 spiro atoms. The van der Waals surface area contributed by atoms with Crippen molar-refractivity contribution in [3.05, 3.63) is 29.8 Å². The summed E-state index contributed by atoms with van der Waals surface area (Å²) in [7, 11) is 1.97. The molecular formula is C14H22N2. The van der Waals surface area contributed by atoms with E-state index < -0.39 is 0 Å². The van der Waals surface area contributed by atoms with Crippen molar-refractivity contribution in [2.45, 2.75) is 44.7 Å². The maximum absolute atomic E-state index is 3.66. The molecule has 0 radical (unpaired) electrons. The summed E-state index contributed by atoms with van der Waals surface area (Å²) in [5.74, 6) is 0. The van der Waals surface area contributed by atoms with Gasteiger partial charge in [0, 0.05) is 25.3 Å². The van der Waals surface area contributed by atoms with E-state index in [-0.39, 0.29) is 0 Å². The van der Waals surface area contributed by atoms with Crippen molar-refractivity contribution in [3.63, 3.8) is 0 Å². The van der Waals surface area contributed by atoms with Gasteiger partial charge in [-0.05, 0) is 30.5 Å². The lowest BCUT2D eigenvalue weighted by Crippen LogP contribution is -2.30. The summed E-state index contributed by atoms with van der Waals surface area (Å²) in [5.41, 5.74) is 2.57. The van der Waals surface area contributed by atoms with Gasteiger partial charge >= 0.3 is 0 Å². The van der Waals surface area contributed by atoms with Crippen LogP contribution in [0.4, 0.5) is 5.69 Å². The molecule has 0 atom stereocenters. The van der Waals surface area contributed by atoms with E-state index in [9.17, 15) is 0 Å². The minimum atomic E-state index is 0.743. The van der Waals surface area contributed by atoms with Crippen LogP contribution in [0, 0.1) is 0 Å². The topological polar surface area (TPSA) is 24.1 Å². The average Bonchev–Trinajstić information content (AvgIpc) is 2.38. The van der Waals surface area contributed by atoms with E-state index in [1.54, 1.807) is 0 Å². The second-order valence-corrected chi connectivity index (χ2v) is 4.67. The third kappa shape index (κ3) is 3.24. The van der Waals surface area contributed by atoms with Crippen LogP contribution in [0.5, 0.6) is 0 Å². The lowest BCUT2D eigenvalue weighted by Gasteiger charge is -2.23. The van der Waals surface area contributed by atoms with Gasteiger partial charge in [-0.1, -0.05) is 31.4 Å². The Morgan fingerprint density at radius 3 is 2.75 bits per heavy atom. The van der Waals surface area contributed by atoms with Gasteiger partial charge in [0.2, 0.25) is 0 Å². The first kappa shape index (κ1) is 11.5. The Morgan fingerprint density at radius 2 is 2.00 bits per heavy atom. The van der Waals surface area contributed by atoms with Crippen LogP contribution in [0.15, 0.2) is 24.3 Å². The van der Waals surface area contributed by atoms with Crippen LogP contribution in [0.2, 0.25) is 0 Å². The van der Waals surface area contributed by atoms with Crippen molar-refractivity contribution in [1.29, 1.82) is 0 Å². The predicted octanol–water partition coefficient (Wildman–Crippen LogP) is 3.15. The molecule has 2 rings (SSSR count). The van der Waals surface area contributed by atoms with Gasteiger partial charge in [0.15, 0.2) is 0 Å². The molecule has 1 aromatic carbocycles. The van der Waals surface area contributed by atoms with Gasteiger partial charge in [-0.15, -0.1) is 0 Å². The quantitative estimate of drug-likeness (QED) is 0.811. The molecule has 0 saturated heterocycles. The van der Waals surface area contributed by atoms with Gasteiger partial charge in [-0.25, -0.2) is 0 Å². The normalized spacial score (nSPS) is 17.3. The van der Waals surface area contributed by atoms with E-state index in [1.807, 2.05) is 7.05 Å². The molecule has 88 valence electrons. The van der Waals surface area contributed by atoms with Crippen molar-refractivity contribution < 1.29 is 0 Å². The monoisotopic (exact) mass is 218 g/mol. The highest BCUT2D eigenvalue weighted by Crippen LogP contribution is 2.18. The van der Waals surface area contributed by atoms with Crippen molar-refractivity contribution in [1.82, 2.24) is 5.32 Å². The summed E-state index contributed by atoms with van der Waals surface area (Å²) in [6, 6.07) is 9.37. The molecule has 16 heavy (non-hydrogen) atoms. The van der Waals surface area contributed by atoms with Crippen LogP contribution >= 0.6 is 0 Å². The molecule has 0 unspecified atom stereocenters. The zero-order valence-electron chi connectivity index (χ0n) is 10.1. The molecule has 1 fully saturated rings. The smallest absolute Gasteiger partial charge is 0.0340 e. The van der Waals surface area contributed by atoms with Crippen molar-refractivity contribution in [3.8, 4) is 0 Å². The Morgan fingerprint density at radius 1 is 1.19 bits per heavy atom. The fraction of sp³-hybridized carbons (Fsp3) is 0.571. The van der Waals surface area contributed by atoms with Gasteiger partial charge in [-0.2, -0.15) is 0 Å². The highest BCUT2D eigenvalue weighted by Gasteiger charge is 2.12. The van der Waals surface area contributed by atoms with Gasteiger partial charge in [0.25, 0.3) is 0 Å². The zero-order chi connectivity index (χ0) is 11.2. The number of nitrogens with one attached hydrogen (secondary N) is 2. The second-order valence-electron chi connectivity index (χ2n) is 4.67. The molecule has 0 heterocycles. The van der Waals surface area contributed by atoms with Crippen LogP contribution in [-0.2, 0) is 6.54 Å². The Bertz CT molecular complexity index is 316. The van der Waals surface area contributed by atoms with Crippen LogP contribution in [0.1, 0.15) is 37.7 Å². The molecule has 1 aliphatic carbocycles. The van der Waals surface area contributed by atoms with Crippen molar-refractivity contribution in [2.24, 2.45) is 0 Å². The first-order valence-electron chi connectivity index (χ1n) is 6.38. The third-order valence-electron chi connectivity index (χ3n) is 3.42. The molecule has 2 nitrogen and oxygen atoms in total. The Hall–Kier alpha value is -1.02. The minimum Gasteiger partial charge on any atom is -0.388 e. The predicted molar refractivity (Wildman–Crippen MR) is 69.7 cm³/mol. The molecule has 2 heteroatoms. The highest BCUT2D eigenvalue weighted by atomic mass is 14.9. The van der Waals surface area contributed by atoms with E-state index in [1.165, 1.54) is 43.4 Å². The first-order chi connectivity index (χ1) is 7.88. The SMILES string of the molecule is CNc1cccc(CNC2CCCCC2)c1. The van der Waals surface area contributed by atoms with Gasteiger partial charge in [0.1, 0.15) is 0 Å². The lowest BCUT2D eigenvalue weighted by molar-refractivity contribution is 0.372. The average molecular weight is 218 g/mol. The zero-order valence-corrected chi connectivity index (χ0v) is 10.1. The van der Waals surface area contributed by atoms with Crippen molar-refractivity contribution >= 4 is 5.69 Å². The maximum Gasteiger partial charge on any atom is 0.0340 e. The van der Waals surface area contributed by atoms with Gasteiger partial charge in [0.05, 0.1) is 0 Å². The number of rotatable bonds is 4. The summed E-state index contributed by atoms with van der Waals surface area (Å²) in [5, 5.41) is 6.84. The largest absolute Gasteiger partial charge is 0.388 e. The summed E-state index contributed by atoms with van der Waals surface area (Å²) in [4.78, 5) is 0. The van der Waals surface area contributed by atoms with E-state index in [4.69, 9.17) is 0 Å². The third-order valence-corrected chi connectivity index (χ3v) is 3.42. The van der Waals surface area contributed by atoms with Crippen LogP contribution in [-0.4, -0.2) is 13.1 Å². The number of hydrogen-bond acceptors (Lipinski definition) is 2. The molecule has 1 aliphatic rings. The Balaban J connectivity index is 1.83. The standard InChI is InChI=1S/C14H22N2/c1-15-14-9-5-6-12(10-14)11-16-13-7-3-2-4-8-13/h5-6,9-10,13,15-16H,2-4,7-8,11H2,1H3. The molecule has 0 aromatic heterocycles. The molecule has 1 aromatic rings. The lowest BCUT2D eigenvalue weighted by atomic mass is 9.95. The van der Waals surface area contributed by atoms with E-state index in [0.717, 1.165) is 12.6 Å². The molecule has 2 N–H and O–H groups in total. The first-order valence-corrected chi connectivity index (χ1v) is 6.38. The number of anilines is 1. The van der Waals surface area contributed by atoms with E-state index in [2.05, 4.69) is 34.9 Å². The summed E-state index contributed by atoms with van der Waals surface area (Å²) in [6.45, 7) is 1.00. The van der Waals surface area contributed by atoms with E-state index >= 15 is 0 Å². The van der Waals surface area contributed by atoms with Crippen LogP contribution in [0.3, 0.4) is 0 Å². The van der Waals surface area contributed by atoms with Crippen LogP contribution < -0.4 is 10.6 Å². The fourth-order valence-corrected chi connectivity index (χ4v) is 2.41. The summed E-state index contributed by atoms with van der Waals surface area (Å²) < 4.78 is 0. The van der Waals surface area contributed by atoms with Crippen molar-refractivity contribution in [2.75, 3.05) is 12.4 Å². The summed E-state index contributed by atoms with van der Waals surface area (Å²) >= 11 is 0. The Labute approximate surface area is 98.4 Å². The molecule has 1 saturated carbocycles. The summed E-state index contributed by atoms with van der Waals surface area (Å²) in [6.07, 6.45) is 6.92. The van der Waals surface area contributed by atoms with E-state index in [0.29, 0.717) is 0 Å². The molecule has 0 amide bonds. The highest BCUT2D eigenvalue weighted by molar-refractivity contribution is 5.44. The van der Waals surface area contributed by atoms with Gasteiger partial charge in [-0.3, -0.25) is 0 Å². The molecular weight excluding hydrogens is 196 g/mol. The van der Waals surface area contributed by atoms with Gasteiger partial charge < -0.3 is 10.6 Å². The molecule has 0 aliphatic heterocycles. The number of hydrogen-bond donors (Lipinski definition) is 2. The molecule has 0 bridgehead atoms. The number of benzene rings is 1. The second kappa shape index (κ2) is 5.90. The van der Waals surface area contributed by atoms with Crippen LogP contribution in [0.25, 0.3) is 0 Å². The fourth-order valence-electron chi connectivity index (χ4n) is 2.41. The minimum absolute atomic E-state index is 0.743. The maximum atomic E-state index is 3.66.